The molecule has 162 valence electrons. The largest absolute Gasteiger partial charge is 0.492 e. The molecule has 12 heteroatoms. The number of halogens is 1. The zero-order chi connectivity index (χ0) is 22.0. The average Bonchev–Trinajstić information content (AvgIpc) is 2.63. The lowest BCUT2D eigenvalue weighted by Crippen LogP contribution is -2.45. The third-order valence-corrected chi connectivity index (χ3v) is 4.71. The van der Waals surface area contributed by atoms with E-state index in [2.05, 4.69) is 27.4 Å². The van der Waals surface area contributed by atoms with Gasteiger partial charge in [-0.2, -0.15) is 0 Å². The first kappa shape index (κ1) is 25.9. The highest BCUT2D eigenvalue weighted by atomic mass is 127. The molecule has 1 amide bonds. The van der Waals surface area contributed by atoms with E-state index in [0.29, 0.717) is 24.4 Å². The van der Waals surface area contributed by atoms with Gasteiger partial charge in [0.25, 0.3) is 0 Å². The van der Waals surface area contributed by atoms with E-state index < -0.39 is 30.8 Å². The van der Waals surface area contributed by atoms with Crippen molar-refractivity contribution in [3.8, 4) is 5.75 Å². The van der Waals surface area contributed by atoms with Gasteiger partial charge in [-0.1, -0.05) is 12.1 Å². The second kappa shape index (κ2) is 12.5. The van der Waals surface area contributed by atoms with Gasteiger partial charge in [-0.3, -0.25) is 0 Å². The zero-order valence-electron chi connectivity index (χ0n) is 16.7. The summed E-state index contributed by atoms with van der Waals surface area (Å²) in [6.07, 6.45) is -0.698. The molecule has 29 heavy (non-hydrogen) atoms. The van der Waals surface area contributed by atoms with Crippen LogP contribution in [0.1, 0.15) is 26.3 Å². The monoisotopic (exact) mass is 541 g/mol. The third-order valence-electron chi connectivity index (χ3n) is 3.47. The number of carbonyl (C=O) groups excluding carboxylic acids is 2. The number of rotatable bonds is 10. The fourth-order valence-electron chi connectivity index (χ4n) is 2.31. The van der Waals surface area contributed by atoms with Crippen LogP contribution < -0.4 is 15.5 Å². The maximum Gasteiger partial charge on any atom is 0.492 e. The highest BCUT2D eigenvalue weighted by Gasteiger charge is 2.26. The molecule has 2 unspecified atom stereocenters. The average molecular weight is 541 g/mol. The molecule has 0 saturated carbocycles. The summed E-state index contributed by atoms with van der Waals surface area (Å²) in [5.41, 5.74) is -0.0170. The molecule has 0 fully saturated rings. The molecule has 1 aromatic rings. The molecule has 0 aliphatic carbocycles. The van der Waals surface area contributed by atoms with Crippen LogP contribution >= 0.6 is 28.5 Å². The van der Waals surface area contributed by atoms with Gasteiger partial charge in [0.15, 0.2) is 0 Å². The normalized spacial score (nSPS) is 12.5. The van der Waals surface area contributed by atoms with Gasteiger partial charge < -0.3 is 34.1 Å². The Morgan fingerprint density at radius 1 is 1.28 bits per heavy atom. The van der Waals surface area contributed by atoms with Crippen LogP contribution in [0.3, 0.4) is 0 Å². The molecule has 0 radical (unpaired) electrons. The van der Waals surface area contributed by atoms with Crippen LogP contribution in [-0.2, 0) is 25.2 Å². The van der Waals surface area contributed by atoms with Gasteiger partial charge in [0, 0.05) is 11.9 Å². The maximum absolute atomic E-state index is 12.1. The predicted molar refractivity (Wildman–Crippen MR) is 119 cm³/mol. The molecule has 1 rings (SSSR count). The summed E-state index contributed by atoms with van der Waals surface area (Å²) in [7, 11) is -0.558. The van der Waals surface area contributed by atoms with Gasteiger partial charge in [0.05, 0.1) is 20.2 Å². The summed E-state index contributed by atoms with van der Waals surface area (Å²) in [4.78, 5) is 24.1. The molecule has 0 aromatic heterocycles. The Balaban J connectivity index is 2.93. The van der Waals surface area contributed by atoms with E-state index in [0.717, 1.165) is 0 Å². The lowest BCUT2D eigenvalue weighted by molar-refractivity contribution is -0.143. The fourth-order valence-corrected chi connectivity index (χ4v) is 3.13. The first-order valence-electron chi connectivity index (χ1n) is 8.74. The Kier molecular flexibility index (Phi) is 11.2. The second-order valence-electron chi connectivity index (χ2n) is 6.95. The van der Waals surface area contributed by atoms with Gasteiger partial charge in [-0.15, -0.1) is 0 Å². The summed E-state index contributed by atoms with van der Waals surface area (Å²) < 4.78 is 20.6. The number of nitrogens with one attached hydrogen (secondary N) is 1. The molecule has 3 N–H and O–H groups in total. The van der Waals surface area contributed by atoms with Crippen LogP contribution in [0.25, 0.3) is 0 Å². The summed E-state index contributed by atoms with van der Waals surface area (Å²) in [6, 6.07) is 3.71. The Morgan fingerprint density at radius 2 is 1.97 bits per heavy atom. The third kappa shape index (κ3) is 9.95. The molecule has 0 aliphatic rings. The van der Waals surface area contributed by atoms with Gasteiger partial charge in [0.1, 0.15) is 24.0 Å². The number of ether oxygens (including phenoxy) is 3. The smallest absolute Gasteiger partial charge is 0.492 e. The maximum atomic E-state index is 12.1. The Hall–Kier alpha value is -1.14. The van der Waals surface area contributed by atoms with E-state index >= 15 is 0 Å². The van der Waals surface area contributed by atoms with E-state index in [1.54, 1.807) is 32.9 Å². The molecule has 1 aromatic carbocycles. The Morgan fingerprint density at radius 3 is 2.52 bits per heavy atom. The van der Waals surface area contributed by atoms with Crippen molar-refractivity contribution in [2.24, 2.45) is 0 Å². The number of hydrogen-bond donors (Lipinski definition) is 3. The number of carbonyl (C=O) groups is 2. The highest BCUT2D eigenvalue weighted by molar-refractivity contribution is 14.2. The zero-order valence-corrected chi connectivity index (χ0v) is 19.9. The van der Waals surface area contributed by atoms with Crippen molar-refractivity contribution in [1.29, 1.82) is 0 Å². The quantitative estimate of drug-likeness (QED) is 0.133. The van der Waals surface area contributed by atoms with Crippen molar-refractivity contribution in [2.45, 2.75) is 38.8 Å². The van der Waals surface area contributed by atoms with Crippen molar-refractivity contribution in [1.82, 2.24) is 5.32 Å². The minimum Gasteiger partial charge on any atom is -0.492 e. The first-order chi connectivity index (χ1) is 13.6. The van der Waals surface area contributed by atoms with E-state index in [4.69, 9.17) is 18.7 Å². The summed E-state index contributed by atoms with van der Waals surface area (Å²) in [5.74, 6) is -0.363. The number of hydrogen-bond acceptors (Lipinski definition) is 8. The van der Waals surface area contributed by atoms with Gasteiger partial charge in [-0.25, -0.2) is 9.59 Å². The molecule has 0 bridgehead atoms. The fraction of sp³-hybridized carbons (Fsp3) is 0.529. The summed E-state index contributed by atoms with van der Waals surface area (Å²) in [6.45, 7) is 6.05. The standard InChI is InChI=1S/C17H26BINO8P/c1-17(2,3)28-16(22)20-13(15(21)25-4)10-11-5-6-14(12(9-11)18(23)24)26-7-8-27-29-19/h5-6,9,13,23-24,29H,7-8,10H2,1-4H3,(H,20,22). The van der Waals surface area contributed by atoms with Crippen molar-refractivity contribution >= 4 is 53.1 Å². The van der Waals surface area contributed by atoms with Crippen LogP contribution in [0.4, 0.5) is 4.79 Å². The molecular formula is C17H26BINO8P. The minimum absolute atomic E-state index is 0.0605. The van der Waals surface area contributed by atoms with Gasteiger partial charge >= 0.3 is 19.2 Å². The number of esters is 1. The molecule has 2 atom stereocenters. The molecule has 9 nitrogen and oxygen atoms in total. The van der Waals surface area contributed by atoms with Crippen LogP contribution in [0.15, 0.2) is 18.2 Å². The number of methoxy groups -OCH3 is 1. The predicted octanol–water partition coefficient (Wildman–Crippen LogP) is 1.31. The van der Waals surface area contributed by atoms with Crippen molar-refractivity contribution in [2.75, 3.05) is 20.3 Å². The van der Waals surface area contributed by atoms with Crippen LogP contribution in [0, 0.1) is 0 Å². The number of alkyl carbamates (subject to hydrolysis) is 1. The SMILES string of the molecule is COC(=O)C(Cc1ccc(OCCOPI)c(B(O)O)c1)NC(=O)OC(C)(C)C. The van der Waals surface area contributed by atoms with Crippen LogP contribution in [0.5, 0.6) is 5.75 Å². The molecular weight excluding hydrogens is 515 g/mol. The summed E-state index contributed by atoms with van der Waals surface area (Å²) >= 11 is 2.09. The number of amides is 1. The van der Waals surface area contributed by atoms with Crippen molar-refractivity contribution < 1.29 is 38.4 Å². The van der Waals surface area contributed by atoms with Gasteiger partial charge in [0.2, 0.25) is 0 Å². The van der Waals surface area contributed by atoms with E-state index in [9.17, 15) is 19.6 Å². The lowest BCUT2D eigenvalue weighted by Gasteiger charge is -2.23. The molecule has 0 heterocycles. The second-order valence-corrected chi connectivity index (χ2v) is 8.71. The van der Waals surface area contributed by atoms with Crippen LogP contribution in [0.2, 0.25) is 0 Å². The first-order valence-corrected chi connectivity index (χ1v) is 12.8. The lowest BCUT2D eigenvalue weighted by atomic mass is 9.78. The summed E-state index contributed by atoms with van der Waals surface area (Å²) in [5, 5.41) is 21.8. The number of benzene rings is 1. The van der Waals surface area contributed by atoms with Crippen molar-refractivity contribution in [3.63, 3.8) is 0 Å². The molecule has 0 aliphatic heterocycles. The highest BCUT2D eigenvalue weighted by Crippen LogP contribution is 2.21. The van der Waals surface area contributed by atoms with Gasteiger partial charge in [-0.05, 0) is 54.4 Å². The molecule has 0 saturated heterocycles. The topological polar surface area (TPSA) is 124 Å². The molecule has 0 spiro atoms. The Labute approximate surface area is 185 Å². The van der Waals surface area contributed by atoms with E-state index in [1.165, 1.54) is 13.2 Å². The van der Waals surface area contributed by atoms with E-state index in [-0.39, 0.29) is 18.5 Å². The van der Waals surface area contributed by atoms with Crippen molar-refractivity contribution in [3.05, 3.63) is 23.8 Å². The van der Waals surface area contributed by atoms with Crippen LogP contribution in [-0.4, -0.2) is 61.2 Å². The minimum atomic E-state index is -1.77. The Bertz CT molecular complexity index is 686. The van der Waals surface area contributed by atoms with E-state index in [1.807, 2.05) is 0 Å².